The van der Waals surface area contributed by atoms with Crippen LogP contribution in [0.5, 0.6) is 5.75 Å². The van der Waals surface area contributed by atoms with Crippen molar-refractivity contribution < 1.29 is 5.11 Å². The maximum absolute atomic E-state index is 10.9. The van der Waals surface area contributed by atoms with Gasteiger partial charge < -0.3 is 5.11 Å². The summed E-state index contributed by atoms with van der Waals surface area (Å²) in [5.41, 5.74) is 1.96. The highest BCUT2D eigenvalue weighted by atomic mass is 16.3. The van der Waals surface area contributed by atoms with Crippen molar-refractivity contribution in [2.75, 3.05) is 0 Å². The molecule has 0 amide bonds. The minimum Gasteiger partial charge on any atom is -0.506 e. The Morgan fingerprint density at radius 1 is 1.16 bits per heavy atom. The Bertz CT molecular complexity index is 744. The number of H-pyrrole nitrogens is 2. The molecule has 3 rings (SSSR count). The van der Waals surface area contributed by atoms with Gasteiger partial charge in [-0.05, 0) is 12.1 Å². The Labute approximate surface area is 107 Å². The van der Waals surface area contributed by atoms with E-state index in [0.717, 1.165) is 11.1 Å². The first-order valence-corrected chi connectivity index (χ1v) is 5.48. The van der Waals surface area contributed by atoms with Gasteiger partial charge in [-0.1, -0.05) is 0 Å². The van der Waals surface area contributed by atoms with Gasteiger partial charge in [0.2, 0.25) is 0 Å². The Balaban J connectivity index is 2.05. The summed E-state index contributed by atoms with van der Waals surface area (Å²) in [6.07, 6.45) is 4.94. The monoisotopic (exact) mass is 255 g/mol. The first-order chi connectivity index (χ1) is 9.24. The van der Waals surface area contributed by atoms with Crippen LogP contribution in [-0.2, 0) is 0 Å². The van der Waals surface area contributed by atoms with Gasteiger partial charge in [0.1, 0.15) is 17.1 Å². The number of pyridine rings is 1. The molecule has 7 heteroatoms. The minimum atomic E-state index is -0.307. The number of hydrogen-bond acceptors (Lipinski definition) is 5. The summed E-state index contributed by atoms with van der Waals surface area (Å²) in [6.45, 7) is 0. The summed E-state index contributed by atoms with van der Waals surface area (Å²) >= 11 is 0. The van der Waals surface area contributed by atoms with Gasteiger partial charge in [-0.2, -0.15) is 10.2 Å². The molecule has 0 aromatic carbocycles. The fourth-order valence-corrected chi connectivity index (χ4v) is 1.69. The summed E-state index contributed by atoms with van der Waals surface area (Å²) in [6, 6.07) is 4.39. The number of aromatic nitrogens is 5. The molecule has 19 heavy (non-hydrogen) atoms. The molecular weight excluding hydrogens is 246 g/mol. The fraction of sp³-hybridized carbons (Fsp3) is 0. The van der Waals surface area contributed by atoms with Crippen LogP contribution in [0.4, 0.5) is 0 Å². The van der Waals surface area contributed by atoms with Crippen LogP contribution in [0, 0.1) is 0 Å². The number of hydrogen-bond donors (Lipinski definition) is 3. The first-order valence-electron chi connectivity index (χ1n) is 5.48. The highest BCUT2D eigenvalue weighted by Crippen LogP contribution is 2.28. The minimum absolute atomic E-state index is 0.0155. The lowest BCUT2D eigenvalue weighted by molar-refractivity contribution is 0.475. The zero-order valence-corrected chi connectivity index (χ0v) is 9.66. The van der Waals surface area contributed by atoms with Crippen molar-refractivity contribution in [2.24, 2.45) is 0 Å². The normalized spacial score (nSPS) is 10.5. The molecule has 0 unspecified atom stereocenters. The highest BCUT2D eigenvalue weighted by Gasteiger charge is 2.10. The van der Waals surface area contributed by atoms with Gasteiger partial charge in [0.05, 0.1) is 6.20 Å². The Morgan fingerprint density at radius 3 is 2.68 bits per heavy atom. The van der Waals surface area contributed by atoms with Crippen molar-refractivity contribution in [3.05, 3.63) is 47.1 Å². The van der Waals surface area contributed by atoms with E-state index < -0.39 is 0 Å². The van der Waals surface area contributed by atoms with Crippen LogP contribution in [-0.4, -0.2) is 30.5 Å². The van der Waals surface area contributed by atoms with Crippen LogP contribution < -0.4 is 5.56 Å². The van der Waals surface area contributed by atoms with Crippen LogP contribution >= 0.6 is 0 Å². The first kappa shape index (κ1) is 11.1. The highest BCUT2D eigenvalue weighted by molar-refractivity contribution is 5.69. The van der Waals surface area contributed by atoms with Crippen LogP contribution in [0.25, 0.3) is 22.5 Å². The summed E-state index contributed by atoms with van der Waals surface area (Å²) in [4.78, 5) is 15.1. The summed E-state index contributed by atoms with van der Waals surface area (Å²) in [5.74, 6) is -0.0155. The van der Waals surface area contributed by atoms with E-state index in [9.17, 15) is 9.90 Å². The second kappa shape index (κ2) is 4.37. The number of nitrogens with zero attached hydrogens (tertiary/aromatic N) is 3. The van der Waals surface area contributed by atoms with E-state index in [-0.39, 0.29) is 11.3 Å². The molecule has 94 valence electrons. The van der Waals surface area contributed by atoms with Gasteiger partial charge in [-0.25, -0.2) is 10.1 Å². The van der Waals surface area contributed by atoms with E-state index >= 15 is 0 Å². The lowest BCUT2D eigenvalue weighted by atomic mass is 10.1. The van der Waals surface area contributed by atoms with Crippen molar-refractivity contribution in [3.63, 3.8) is 0 Å². The van der Waals surface area contributed by atoms with Crippen molar-refractivity contribution >= 4 is 0 Å². The van der Waals surface area contributed by atoms with Crippen molar-refractivity contribution in [2.45, 2.75) is 0 Å². The van der Waals surface area contributed by atoms with Crippen LogP contribution in [0.3, 0.4) is 0 Å². The second-order valence-corrected chi connectivity index (χ2v) is 3.89. The molecule has 0 aliphatic heterocycles. The van der Waals surface area contributed by atoms with Crippen molar-refractivity contribution in [3.8, 4) is 28.3 Å². The third-order valence-electron chi connectivity index (χ3n) is 2.62. The molecule has 0 aliphatic rings. The van der Waals surface area contributed by atoms with Gasteiger partial charge in [0.25, 0.3) is 5.56 Å². The standard InChI is InChI=1S/C12H9N5O2/c18-10-3-7(8-5-14-15-6-8)4-13-12(10)9-1-2-11(19)17-16-9/h1-6,18H,(H,14,15)(H,17,19). The SMILES string of the molecule is O=c1ccc(-c2ncc(-c3cn[nH]c3)cc2O)n[nH]1. The average molecular weight is 255 g/mol. The summed E-state index contributed by atoms with van der Waals surface area (Å²) < 4.78 is 0. The van der Waals surface area contributed by atoms with Gasteiger partial charge in [0, 0.05) is 29.6 Å². The number of aromatic amines is 2. The quantitative estimate of drug-likeness (QED) is 0.631. The molecule has 3 aromatic rings. The van der Waals surface area contributed by atoms with E-state index in [1.165, 1.54) is 12.1 Å². The number of nitrogens with one attached hydrogen (secondary N) is 2. The van der Waals surface area contributed by atoms with Gasteiger partial charge in [-0.3, -0.25) is 9.89 Å². The van der Waals surface area contributed by atoms with E-state index in [1.54, 1.807) is 24.7 Å². The molecule has 7 nitrogen and oxygen atoms in total. The molecule has 0 saturated heterocycles. The van der Waals surface area contributed by atoms with Gasteiger partial charge in [-0.15, -0.1) is 0 Å². The zero-order valence-electron chi connectivity index (χ0n) is 9.66. The van der Waals surface area contributed by atoms with Crippen molar-refractivity contribution in [1.29, 1.82) is 0 Å². The average Bonchev–Trinajstić information content (AvgIpc) is 2.94. The zero-order chi connectivity index (χ0) is 13.2. The Morgan fingerprint density at radius 2 is 2.05 bits per heavy atom. The Hall–Kier alpha value is -2.96. The molecule has 0 bridgehead atoms. The van der Waals surface area contributed by atoms with Crippen molar-refractivity contribution in [1.82, 2.24) is 25.4 Å². The molecule has 0 aliphatic carbocycles. The number of rotatable bonds is 2. The van der Waals surface area contributed by atoms with E-state index in [0.29, 0.717) is 11.4 Å². The maximum atomic E-state index is 10.9. The molecule has 3 heterocycles. The predicted octanol–water partition coefficient (Wildman–Crippen LogP) is 0.928. The molecule has 0 spiro atoms. The smallest absolute Gasteiger partial charge is 0.264 e. The van der Waals surface area contributed by atoms with Crippen LogP contribution in [0.15, 0.2) is 41.6 Å². The van der Waals surface area contributed by atoms with Crippen LogP contribution in [0.2, 0.25) is 0 Å². The van der Waals surface area contributed by atoms with Gasteiger partial charge >= 0.3 is 0 Å². The van der Waals surface area contributed by atoms with Gasteiger partial charge in [0.15, 0.2) is 0 Å². The Kier molecular flexibility index (Phi) is 2.57. The fourth-order valence-electron chi connectivity index (χ4n) is 1.69. The lowest BCUT2D eigenvalue weighted by Crippen LogP contribution is -2.06. The molecule has 0 radical (unpaired) electrons. The second-order valence-electron chi connectivity index (χ2n) is 3.89. The molecule has 0 saturated carbocycles. The van der Waals surface area contributed by atoms with E-state index in [4.69, 9.17) is 0 Å². The molecule has 0 atom stereocenters. The van der Waals surface area contributed by atoms with E-state index in [1.807, 2.05) is 0 Å². The largest absolute Gasteiger partial charge is 0.506 e. The molecular formula is C12H9N5O2. The summed E-state index contributed by atoms with van der Waals surface area (Å²) in [5, 5.41) is 22.6. The number of aromatic hydroxyl groups is 1. The third kappa shape index (κ3) is 2.08. The van der Waals surface area contributed by atoms with E-state index in [2.05, 4.69) is 25.4 Å². The summed E-state index contributed by atoms with van der Waals surface area (Å²) in [7, 11) is 0. The maximum Gasteiger partial charge on any atom is 0.264 e. The van der Waals surface area contributed by atoms with Crippen LogP contribution in [0.1, 0.15) is 0 Å². The third-order valence-corrected chi connectivity index (χ3v) is 2.62. The lowest BCUT2D eigenvalue weighted by Gasteiger charge is -2.04. The molecule has 3 N–H and O–H groups in total. The topological polar surface area (TPSA) is 108 Å². The predicted molar refractivity (Wildman–Crippen MR) is 67.3 cm³/mol. The molecule has 0 fully saturated rings. The molecule has 3 aromatic heterocycles.